The van der Waals surface area contributed by atoms with Crippen LogP contribution in [-0.2, 0) is 16.1 Å². The van der Waals surface area contributed by atoms with Crippen molar-refractivity contribution in [1.29, 1.82) is 0 Å². The molecule has 0 fully saturated rings. The molecule has 0 saturated heterocycles. The predicted octanol–water partition coefficient (Wildman–Crippen LogP) is 3.33. The van der Waals surface area contributed by atoms with Gasteiger partial charge >= 0.3 is 0 Å². The molecule has 0 aliphatic carbocycles. The molecular weight excluding hydrogens is 316 g/mol. The number of hydrogen-bond acceptors (Lipinski definition) is 3. The van der Waals surface area contributed by atoms with Crippen molar-refractivity contribution >= 4 is 34.1 Å². The van der Waals surface area contributed by atoms with E-state index in [0.717, 1.165) is 27.8 Å². The molecule has 0 aliphatic heterocycles. The minimum Gasteiger partial charge on any atom is -0.326 e. The monoisotopic (exact) mass is 336 g/mol. The molecule has 1 aromatic heterocycles. The molecule has 0 saturated carbocycles. The number of nitrogens with one attached hydrogen (secondary N) is 2. The summed E-state index contributed by atoms with van der Waals surface area (Å²) in [5.41, 5.74) is 3.25. The maximum Gasteiger partial charge on any atom is 0.246 e. The summed E-state index contributed by atoms with van der Waals surface area (Å²) in [4.78, 5) is 23.8. The molecular formula is C19H20N4O2. The van der Waals surface area contributed by atoms with Crippen LogP contribution in [-0.4, -0.2) is 21.6 Å². The third kappa shape index (κ3) is 3.85. The smallest absolute Gasteiger partial charge is 0.246 e. The molecule has 6 nitrogen and oxygen atoms in total. The molecule has 25 heavy (non-hydrogen) atoms. The van der Waals surface area contributed by atoms with E-state index in [1.165, 1.54) is 0 Å². The van der Waals surface area contributed by atoms with Crippen LogP contribution in [0.4, 0.5) is 11.4 Å². The molecule has 0 unspecified atom stereocenters. The van der Waals surface area contributed by atoms with Crippen molar-refractivity contribution in [2.24, 2.45) is 0 Å². The summed E-state index contributed by atoms with van der Waals surface area (Å²) < 4.78 is 1.68. The minimum atomic E-state index is -0.151. The Morgan fingerprint density at radius 1 is 1.08 bits per heavy atom. The van der Waals surface area contributed by atoms with E-state index in [9.17, 15) is 9.59 Å². The maximum atomic E-state index is 12.3. The Kier molecular flexibility index (Phi) is 4.79. The third-order valence-electron chi connectivity index (χ3n) is 3.95. The summed E-state index contributed by atoms with van der Waals surface area (Å²) in [6.07, 6.45) is 2.18. The number of carbonyl (C=O) groups excluding carboxylic acids is 2. The Morgan fingerprint density at radius 3 is 2.64 bits per heavy atom. The summed E-state index contributed by atoms with van der Waals surface area (Å²) in [5.74, 6) is -0.191. The Bertz CT molecular complexity index is 930. The van der Waals surface area contributed by atoms with Gasteiger partial charge in [0.15, 0.2) is 0 Å². The fraction of sp³-hybridized carbons (Fsp3) is 0.211. The van der Waals surface area contributed by atoms with Crippen LogP contribution >= 0.6 is 0 Å². The van der Waals surface area contributed by atoms with Gasteiger partial charge in [0, 0.05) is 23.2 Å². The number of benzene rings is 2. The van der Waals surface area contributed by atoms with Crippen LogP contribution in [0.25, 0.3) is 10.9 Å². The fourth-order valence-corrected chi connectivity index (χ4v) is 2.61. The highest BCUT2D eigenvalue weighted by molar-refractivity contribution is 5.94. The maximum absolute atomic E-state index is 12.3. The number of rotatable bonds is 5. The molecule has 1 heterocycles. The van der Waals surface area contributed by atoms with Gasteiger partial charge in [0.2, 0.25) is 11.8 Å². The van der Waals surface area contributed by atoms with Gasteiger partial charge < -0.3 is 10.6 Å². The minimum absolute atomic E-state index is 0.0401. The third-order valence-corrected chi connectivity index (χ3v) is 3.95. The molecule has 0 atom stereocenters. The lowest BCUT2D eigenvalue weighted by atomic mass is 10.1. The average molecular weight is 336 g/mol. The van der Waals surface area contributed by atoms with Gasteiger partial charge in [-0.2, -0.15) is 5.10 Å². The highest BCUT2D eigenvalue weighted by Gasteiger charge is 2.10. The van der Waals surface area contributed by atoms with Crippen molar-refractivity contribution in [2.75, 3.05) is 10.6 Å². The lowest BCUT2D eigenvalue weighted by Gasteiger charge is -2.11. The van der Waals surface area contributed by atoms with Gasteiger partial charge in [0.25, 0.3) is 0 Å². The zero-order valence-corrected chi connectivity index (χ0v) is 14.2. The SMILES string of the molecule is CCC(=O)Nc1ccc(NC(=O)Cn2ncc3ccccc32)c(C)c1. The van der Waals surface area contributed by atoms with Gasteiger partial charge in [0.1, 0.15) is 6.54 Å². The van der Waals surface area contributed by atoms with Gasteiger partial charge in [-0.05, 0) is 36.8 Å². The van der Waals surface area contributed by atoms with Crippen molar-refractivity contribution in [3.05, 3.63) is 54.2 Å². The Hall–Kier alpha value is -3.15. The number of para-hydroxylation sites is 1. The lowest BCUT2D eigenvalue weighted by molar-refractivity contribution is -0.117. The Labute approximate surface area is 145 Å². The highest BCUT2D eigenvalue weighted by Crippen LogP contribution is 2.20. The van der Waals surface area contributed by atoms with Crippen LogP contribution in [0.1, 0.15) is 18.9 Å². The van der Waals surface area contributed by atoms with E-state index >= 15 is 0 Å². The van der Waals surface area contributed by atoms with Gasteiger partial charge in [-0.3, -0.25) is 14.3 Å². The van der Waals surface area contributed by atoms with Crippen molar-refractivity contribution in [1.82, 2.24) is 9.78 Å². The Morgan fingerprint density at radius 2 is 1.88 bits per heavy atom. The quantitative estimate of drug-likeness (QED) is 0.750. The van der Waals surface area contributed by atoms with E-state index in [0.29, 0.717) is 6.42 Å². The standard InChI is InChI=1S/C19H20N4O2/c1-3-18(24)21-15-8-9-16(13(2)10-15)22-19(25)12-23-17-7-5-4-6-14(17)11-20-23/h4-11H,3,12H2,1-2H3,(H,21,24)(H,22,25). The molecule has 0 aliphatic rings. The molecule has 0 spiro atoms. The molecule has 3 aromatic rings. The summed E-state index contributed by atoms with van der Waals surface area (Å²) >= 11 is 0. The normalized spacial score (nSPS) is 10.6. The number of carbonyl (C=O) groups is 2. The zero-order valence-electron chi connectivity index (χ0n) is 14.2. The van der Waals surface area contributed by atoms with E-state index in [1.54, 1.807) is 29.9 Å². The number of fused-ring (bicyclic) bond motifs is 1. The number of anilines is 2. The highest BCUT2D eigenvalue weighted by atomic mass is 16.2. The van der Waals surface area contributed by atoms with Gasteiger partial charge in [-0.15, -0.1) is 0 Å². The fourth-order valence-electron chi connectivity index (χ4n) is 2.61. The molecule has 128 valence electrons. The van der Waals surface area contributed by atoms with E-state index < -0.39 is 0 Å². The topological polar surface area (TPSA) is 76.0 Å². The van der Waals surface area contributed by atoms with Crippen molar-refractivity contribution in [2.45, 2.75) is 26.8 Å². The Balaban J connectivity index is 1.69. The van der Waals surface area contributed by atoms with Gasteiger partial charge in [-0.1, -0.05) is 25.1 Å². The first-order valence-corrected chi connectivity index (χ1v) is 8.17. The molecule has 2 N–H and O–H groups in total. The summed E-state index contributed by atoms with van der Waals surface area (Å²) in [5, 5.41) is 11.0. The van der Waals surface area contributed by atoms with Gasteiger partial charge in [0.05, 0.1) is 11.7 Å². The summed E-state index contributed by atoms with van der Waals surface area (Å²) in [6, 6.07) is 13.2. The second-order valence-electron chi connectivity index (χ2n) is 5.84. The van der Waals surface area contributed by atoms with Crippen LogP contribution in [0, 0.1) is 6.92 Å². The van der Waals surface area contributed by atoms with Crippen LogP contribution < -0.4 is 10.6 Å². The molecule has 0 radical (unpaired) electrons. The average Bonchev–Trinajstić information content (AvgIpc) is 3.00. The van der Waals surface area contributed by atoms with Crippen molar-refractivity contribution < 1.29 is 9.59 Å². The molecule has 2 aromatic carbocycles. The van der Waals surface area contributed by atoms with E-state index in [1.807, 2.05) is 37.3 Å². The van der Waals surface area contributed by atoms with Crippen LogP contribution in [0.15, 0.2) is 48.7 Å². The predicted molar refractivity (Wildman–Crippen MR) is 98.5 cm³/mol. The second kappa shape index (κ2) is 7.17. The number of amides is 2. The molecule has 2 amide bonds. The van der Waals surface area contributed by atoms with Crippen LogP contribution in [0.2, 0.25) is 0 Å². The number of nitrogens with zero attached hydrogens (tertiary/aromatic N) is 2. The van der Waals surface area contributed by atoms with Crippen molar-refractivity contribution in [3.8, 4) is 0 Å². The van der Waals surface area contributed by atoms with Crippen LogP contribution in [0.5, 0.6) is 0 Å². The van der Waals surface area contributed by atoms with E-state index in [-0.39, 0.29) is 18.4 Å². The van der Waals surface area contributed by atoms with Gasteiger partial charge in [-0.25, -0.2) is 0 Å². The largest absolute Gasteiger partial charge is 0.326 e. The second-order valence-corrected chi connectivity index (χ2v) is 5.84. The van der Waals surface area contributed by atoms with E-state index in [4.69, 9.17) is 0 Å². The molecule has 6 heteroatoms. The van der Waals surface area contributed by atoms with E-state index in [2.05, 4.69) is 15.7 Å². The summed E-state index contributed by atoms with van der Waals surface area (Å²) in [6.45, 7) is 3.83. The number of aromatic nitrogens is 2. The summed E-state index contributed by atoms with van der Waals surface area (Å²) in [7, 11) is 0. The zero-order chi connectivity index (χ0) is 17.8. The first-order chi connectivity index (χ1) is 12.1. The molecule has 0 bridgehead atoms. The number of aryl methyl sites for hydroxylation is 1. The lowest BCUT2D eigenvalue weighted by Crippen LogP contribution is -2.20. The first-order valence-electron chi connectivity index (χ1n) is 8.17. The van der Waals surface area contributed by atoms with Crippen molar-refractivity contribution in [3.63, 3.8) is 0 Å². The van der Waals surface area contributed by atoms with Crippen LogP contribution in [0.3, 0.4) is 0 Å². The first kappa shape index (κ1) is 16.7. The number of hydrogen-bond donors (Lipinski definition) is 2. The molecule has 3 rings (SSSR count).